The molecule has 0 aliphatic carbocycles. The average molecular weight is 495 g/mol. The molecule has 0 unspecified atom stereocenters. The summed E-state index contributed by atoms with van der Waals surface area (Å²) in [5.41, 5.74) is 0. The van der Waals surface area contributed by atoms with E-state index in [-0.39, 0.29) is 12.5 Å². The van der Waals surface area contributed by atoms with Gasteiger partial charge >= 0.3 is 0 Å². The summed E-state index contributed by atoms with van der Waals surface area (Å²) in [5, 5.41) is 3.07. The zero-order valence-electron chi connectivity index (χ0n) is 22.3. The minimum Gasteiger partial charge on any atom is -0.726 e. The van der Waals surface area contributed by atoms with Gasteiger partial charge in [0.1, 0.15) is 0 Å². The Labute approximate surface area is 205 Å². The molecule has 0 spiro atoms. The fraction of sp³-hybridized carbons (Fsp3) is 0.960. The minimum absolute atomic E-state index is 0.0914. The van der Waals surface area contributed by atoms with Gasteiger partial charge in [-0.05, 0) is 20.3 Å². The number of quaternary nitrogens is 1. The van der Waals surface area contributed by atoms with E-state index in [9.17, 15) is 17.8 Å². The summed E-state index contributed by atoms with van der Waals surface area (Å²) in [6.45, 7) is 8.94. The third-order valence-electron chi connectivity index (χ3n) is 5.89. The first kappa shape index (κ1) is 34.5. The maximum atomic E-state index is 11.8. The molecule has 0 aromatic carbocycles. The van der Waals surface area contributed by atoms with Gasteiger partial charge in [-0.15, -0.1) is 0 Å². The van der Waals surface area contributed by atoms with Crippen LogP contribution in [0.15, 0.2) is 0 Å². The van der Waals surface area contributed by atoms with Gasteiger partial charge < -0.3 is 14.4 Å². The van der Waals surface area contributed by atoms with Crippen LogP contribution in [0.25, 0.3) is 0 Å². The Morgan fingerprint density at radius 1 is 0.788 bits per heavy atom. The van der Waals surface area contributed by atoms with Crippen LogP contribution in [0.5, 0.6) is 0 Å². The molecule has 200 valence electrons. The number of hydrogen-bond donors (Lipinski definition) is 1. The summed E-state index contributed by atoms with van der Waals surface area (Å²) in [6.07, 6.45) is 19.4. The monoisotopic (exact) mass is 494 g/mol. The molecule has 0 saturated carbocycles. The molecule has 0 aliphatic heterocycles. The van der Waals surface area contributed by atoms with Crippen molar-refractivity contribution in [2.24, 2.45) is 0 Å². The molecule has 0 aliphatic rings. The van der Waals surface area contributed by atoms with Crippen LogP contribution in [-0.4, -0.2) is 63.7 Å². The predicted octanol–water partition coefficient (Wildman–Crippen LogP) is 5.55. The lowest BCUT2D eigenvalue weighted by atomic mass is 10.0. The topological polar surface area (TPSA) is 95.5 Å². The molecule has 8 heteroatoms. The smallest absolute Gasteiger partial charge is 0.219 e. The number of amides is 1. The molecule has 1 N–H and O–H groups in total. The Hall–Kier alpha value is -0.700. The number of nitrogens with zero attached hydrogens (tertiary/aromatic N) is 1. The van der Waals surface area contributed by atoms with Crippen molar-refractivity contribution < 1.29 is 26.4 Å². The molecule has 0 rings (SSSR count). The molecule has 0 radical (unpaired) electrons. The van der Waals surface area contributed by atoms with Crippen LogP contribution in [-0.2, 0) is 19.4 Å². The third kappa shape index (κ3) is 31.3. The van der Waals surface area contributed by atoms with E-state index < -0.39 is 10.4 Å². The number of rotatable bonds is 21. The maximum absolute atomic E-state index is 11.8. The zero-order valence-corrected chi connectivity index (χ0v) is 23.1. The maximum Gasteiger partial charge on any atom is 0.219 e. The van der Waals surface area contributed by atoms with Gasteiger partial charge in [-0.2, -0.15) is 0 Å². The number of nitrogens with one attached hydrogen (secondary N) is 1. The van der Waals surface area contributed by atoms with Crippen LogP contribution < -0.4 is 5.32 Å². The van der Waals surface area contributed by atoms with Gasteiger partial charge in [0, 0.05) is 19.4 Å². The Balaban J connectivity index is 0. The zero-order chi connectivity index (χ0) is 25.4. The quantitative estimate of drug-likeness (QED) is 0.0976. The van der Waals surface area contributed by atoms with Crippen LogP contribution in [0, 0.1) is 0 Å². The molecule has 1 amide bonds. The molecule has 0 heterocycles. The van der Waals surface area contributed by atoms with Gasteiger partial charge in [-0.1, -0.05) is 84.0 Å². The van der Waals surface area contributed by atoms with Crippen LogP contribution in [0.4, 0.5) is 0 Å². The predicted molar refractivity (Wildman–Crippen MR) is 137 cm³/mol. The van der Waals surface area contributed by atoms with Crippen LogP contribution in [0.1, 0.15) is 117 Å². The first-order valence-corrected chi connectivity index (χ1v) is 14.6. The number of hydrogen-bond acceptors (Lipinski definition) is 5. The van der Waals surface area contributed by atoms with Crippen molar-refractivity contribution >= 4 is 16.3 Å². The second-order valence-electron chi connectivity index (χ2n) is 9.49. The largest absolute Gasteiger partial charge is 0.726 e. The fourth-order valence-electron chi connectivity index (χ4n) is 3.43. The fourth-order valence-corrected chi connectivity index (χ4v) is 3.72. The normalized spacial score (nSPS) is 11.7. The van der Waals surface area contributed by atoms with E-state index in [4.69, 9.17) is 0 Å². The lowest BCUT2D eigenvalue weighted by Crippen LogP contribution is -2.41. The van der Waals surface area contributed by atoms with Gasteiger partial charge in [0.2, 0.25) is 16.3 Å². The van der Waals surface area contributed by atoms with Crippen molar-refractivity contribution in [1.29, 1.82) is 0 Å². The van der Waals surface area contributed by atoms with E-state index in [0.717, 1.165) is 37.0 Å². The van der Waals surface area contributed by atoms with Crippen molar-refractivity contribution in [2.75, 3.05) is 40.3 Å². The third-order valence-corrected chi connectivity index (χ3v) is 6.41. The van der Waals surface area contributed by atoms with Crippen LogP contribution in [0.3, 0.4) is 0 Å². The highest BCUT2D eigenvalue weighted by atomic mass is 32.3. The first-order chi connectivity index (χ1) is 15.6. The van der Waals surface area contributed by atoms with Gasteiger partial charge in [0.15, 0.2) is 0 Å². The average Bonchev–Trinajstić information content (AvgIpc) is 2.74. The molecule has 0 aromatic heterocycles. The summed E-state index contributed by atoms with van der Waals surface area (Å²) in [5.74, 6) is 0.245. The molecule has 0 aromatic rings. The van der Waals surface area contributed by atoms with Crippen LogP contribution >= 0.6 is 0 Å². The molecule has 7 nitrogen and oxygen atoms in total. The summed E-state index contributed by atoms with van der Waals surface area (Å²) < 4.78 is 33.0. The molecular weight excluding hydrogens is 440 g/mol. The standard InChI is InChI=1S/C23H48N2O.C2H6O4S/c1-5-7-8-9-10-11-12-13-14-15-16-17-18-20-23(26)24-21-19-22-25(3,4)6-2;1-2-6-7(3,4)5/h5-22H2,1-4H3;2H2,1H3,(H,3,4,5). The molecule has 0 fully saturated rings. The van der Waals surface area contributed by atoms with Gasteiger partial charge in [0.25, 0.3) is 0 Å². The van der Waals surface area contributed by atoms with Crippen molar-refractivity contribution in [2.45, 2.75) is 117 Å². The summed E-state index contributed by atoms with van der Waals surface area (Å²) in [7, 11) is 0.0667. The SMILES string of the molecule is CCCCCCCCCCCCCCCC(=O)NCCC[N+](C)(C)CC.CCOS(=O)(=O)[O-]. The van der Waals surface area contributed by atoms with Gasteiger partial charge in [-0.3, -0.25) is 8.98 Å². The number of carbonyl (C=O) groups is 1. The van der Waals surface area contributed by atoms with E-state index in [1.165, 1.54) is 84.0 Å². The van der Waals surface area contributed by atoms with E-state index in [2.05, 4.69) is 37.4 Å². The van der Waals surface area contributed by atoms with Crippen molar-refractivity contribution in [3.05, 3.63) is 0 Å². The van der Waals surface area contributed by atoms with E-state index in [1.54, 1.807) is 0 Å². The van der Waals surface area contributed by atoms with E-state index in [1.807, 2.05) is 0 Å². The molecule has 33 heavy (non-hydrogen) atoms. The van der Waals surface area contributed by atoms with E-state index >= 15 is 0 Å². The van der Waals surface area contributed by atoms with E-state index in [0.29, 0.717) is 6.42 Å². The lowest BCUT2D eigenvalue weighted by molar-refractivity contribution is -0.888. The lowest BCUT2D eigenvalue weighted by Gasteiger charge is -2.28. The first-order valence-electron chi connectivity index (χ1n) is 13.3. The second kappa shape index (κ2) is 23.1. The van der Waals surface area contributed by atoms with Gasteiger partial charge in [0.05, 0.1) is 33.8 Å². The molecule has 0 bridgehead atoms. The molecule has 0 atom stereocenters. The van der Waals surface area contributed by atoms with Crippen LogP contribution in [0.2, 0.25) is 0 Å². The Kier molecular flexibility index (Phi) is 24.1. The van der Waals surface area contributed by atoms with Crippen molar-refractivity contribution in [3.8, 4) is 0 Å². The summed E-state index contributed by atoms with van der Waals surface area (Å²) in [6, 6.07) is 0. The number of carbonyl (C=O) groups excluding carboxylic acids is 1. The Morgan fingerprint density at radius 2 is 1.24 bits per heavy atom. The Morgan fingerprint density at radius 3 is 1.61 bits per heavy atom. The molecular formula is C25H54N2O5S. The highest BCUT2D eigenvalue weighted by Gasteiger charge is 2.10. The van der Waals surface area contributed by atoms with Crippen molar-refractivity contribution in [3.63, 3.8) is 0 Å². The highest BCUT2D eigenvalue weighted by Crippen LogP contribution is 2.12. The number of unbranched alkanes of at least 4 members (excludes halogenated alkanes) is 12. The van der Waals surface area contributed by atoms with Crippen molar-refractivity contribution in [1.82, 2.24) is 5.32 Å². The second-order valence-corrected chi connectivity index (χ2v) is 10.5. The Bertz CT molecular complexity index is 539. The summed E-state index contributed by atoms with van der Waals surface area (Å²) in [4.78, 5) is 11.8. The minimum atomic E-state index is -4.42. The molecule has 0 saturated heterocycles. The van der Waals surface area contributed by atoms with Gasteiger partial charge in [-0.25, -0.2) is 8.42 Å². The highest BCUT2D eigenvalue weighted by molar-refractivity contribution is 7.80. The summed E-state index contributed by atoms with van der Waals surface area (Å²) >= 11 is 0.